The summed E-state index contributed by atoms with van der Waals surface area (Å²) in [4.78, 5) is 16.4. The Balaban J connectivity index is 2.13. The molecule has 1 aliphatic heterocycles. The lowest BCUT2D eigenvalue weighted by Gasteiger charge is -2.39. The van der Waals surface area contributed by atoms with Crippen molar-refractivity contribution in [1.82, 2.24) is 9.80 Å². The number of hydrogen-bond acceptors (Lipinski definition) is 2. The molecule has 0 bridgehead atoms. The minimum absolute atomic E-state index is 0.0852. The van der Waals surface area contributed by atoms with E-state index in [1.807, 2.05) is 4.90 Å². The fourth-order valence-corrected chi connectivity index (χ4v) is 2.63. The second-order valence-corrected chi connectivity index (χ2v) is 5.78. The number of halogens is 2. The number of likely N-dealkylation sites (N-methyl/N-ethyl adjacent to an activating group) is 1. The van der Waals surface area contributed by atoms with Crippen LogP contribution in [-0.4, -0.2) is 48.4 Å². The van der Waals surface area contributed by atoms with Gasteiger partial charge in [0, 0.05) is 31.2 Å². The fourth-order valence-electron chi connectivity index (χ4n) is 2.38. The Bertz CT molecular complexity index is 481. The van der Waals surface area contributed by atoms with E-state index in [4.69, 9.17) is 0 Å². The molecular formula is C14H18BrFN2O. The van der Waals surface area contributed by atoms with E-state index in [0.717, 1.165) is 13.0 Å². The number of benzene rings is 1. The molecule has 1 aromatic rings. The fraction of sp³-hybridized carbons (Fsp3) is 0.500. The molecule has 0 aliphatic carbocycles. The Morgan fingerprint density at radius 2 is 2.21 bits per heavy atom. The van der Waals surface area contributed by atoms with Crippen LogP contribution >= 0.6 is 15.9 Å². The van der Waals surface area contributed by atoms with E-state index in [2.05, 4.69) is 34.8 Å². The minimum Gasteiger partial charge on any atom is -0.336 e. The minimum atomic E-state index is -0.396. The van der Waals surface area contributed by atoms with Crippen LogP contribution in [-0.2, 0) is 0 Å². The van der Waals surface area contributed by atoms with Crippen LogP contribution in [0.25, 0.3) is 0 Å². The van der Waals surface area contributed by atoms with E-state index in [1.165, 1.54) is 6.07 Å². The monoisotopic (exact) mass is 328 g/mol. The maximum atomic E-state index is 13.5. The van der Waals surface area contributed by atoms with Gasteiger partial charge in [0.2, 0.25) is 0 Å². The molecule has 0 N–H and O–H groups in total. The van der Waals surface area contributed by atoms with Crippen molar-refractivity contribution < 1.29 is 9.18 Å². The van der Waals surface area contributed by atoms with Crippen molar-refractivity contribution >= 4 is 21.8 Å². The summed E-state index contributed by atoms with van der Waals surface area (Å²) in [5, 5.41) is 0. The van der Waals surface area contributed by atoms with Crippen molar-refractivity contribution in [3.63, 3.8) is 0 Å². The van der Waals surface area contributed by atoms with Gasteiger partial charge < -0.3 is 4.90 Å². The highest BCUT2D eigenvalue weighted by Crippen LogP contribution is 2.19. The molecule has 1 unspecified atom stereocenters. The third kappa shape index (κ3) is 3.15. The first-order valence-corrected chi connectivity index (χ1v) is 7.26. The molecule has 19 heavy (non-hydrogen) atoms. The number of carbonyl (C=O) groups excluding carboxylic acids is 1. The third-order valence-corrected chi connectivity index (χ3v) is 4.35. The number of amides is 1. The lowest BCUT2D eigenvalue weighted by atomic mass is 10.1. The van der Waals surface area contributed by atoms with E-state index in [1.54, 1.807) is 12.1 Å². The zero-order valence-corrected chi connectivity index (χ0v) is 12.8. The summed E-state index contributed by atoms with van der Waals surface area (Å²) in [7, 11) is 2.08. The normalized spacial score (nSPS) is 20.6. The summed E-state index contributed by atoms with van der Waals surface area (Å²) in [6, 6.07) is 4.93. The molecule has 1 amide bonds. The summed E-state index contributed by atoms with van der Waals surface area (Å²) in [5.41, 5.74) is 0.417. The molecule has 5 heteroatoms. The van der Waals surface area contributed by atoms with Crippen LogP contribution in [0.1, 0.15) is 23.7 Å². The average molecular weight is 329 g/mol. The molecule has 3 nitrogen and oxygen atoms in total. The maximum absolute atomic E-state index is 13.5. The number of hydrogen-bond donors (Lipinski definition) is 0. The second kappa shape index (κ2) is 6.01. The summed E-state index contributed by atoms with van der Waals surface area (Å²) in [6.45, 7) is 4.39. The molecule has 1 aliphatic rings. The molecule has 0 radical (unpaired) electrons. The second-order valence-electron chi connectivity index (χ2n) is 4.92. The van der Waals surface area contributed by atoms with Gasteiger partial charge in [-0.05, 0) is 47.6 Å². The number of nitrogens with zero attached hydrogens (tertiary/aromatic N) is 2. The highest BCUT2D eigenvalue weighted by atomic mass is 79.9. The predicted molar refractivity (Wildman–Crippen MR) is 76.7 cm³/mol. The van der Waals surface area contributed by atoms with Gasteiger partial charge in [0.25, 0.3) is 5.91 Å². The standard InChI is InChI=1S/C14H18BrFN2O/c1-3-11-9-18(7-6-17(11)2)14(19)10-4-5-12(15)13(16)8-10/h4-5,8,11H,3,6-7,9H2,1-2H3. The average Bonchev–Trinajstić information content (AvgIpc) is 2.41. The number of piperazine rings is 1. The predicted octanol–water partition coefficient (Wildman–Crippen LogP) is 2.75. The Labute approximate surface area is 121 Å². The molecule has 1 saturated heterocycles. The van der Waals surface area contributed by atoms with Gasteiger partial charge in [0.15, 0.2) is 0 Å². The van der Waals surface area contributed by atoms with Crippen molar-refractivity contribution in [3.05, 3.63) is 34.1 Å². The molecule has 1 atom stereocenters. The molecule has 0 aromatic heterocycles. The van der Waals surface area contributed by atoms with Crippen molar-refractivity contribution in [3.8, 4) is 0 Å². The van der Waals surface area contributed by atoms with Gasteiger partial charge in [-0.2, -0.15) is 0 Å². The van der Waals surface area contributed by atoms with Crippen LogP contribution in [0.3, 0.4) is 0 Å². The summed E-state index contributed by atoms with van der Waals surface area (Å²) >= 11 is 3.10. The van der Waals surface area contributed by atoms with Crippen LogP contribution in [0.4, 0.5) is 4.39 Å². The Kier molecular flexibility index (Phi) is 4.58. The van der Waals surface area contributed by atoms with Gasteiger partial charge in [0.05, 0.1) is 4.47 Å². The molecular weight excluding hydrogens is 311 g/mol. The highest BCUT2D eigenvalue weighted by molar-refractivity contribution is 9.10. The first-order valence-electron chi connectivity index (χ1n) is 6.47. The number of carbonyl (C=O) groups is 1. The first kappa shape index (κ1) is 14.5. The van der Waals surface area contributed by atoms with Crippen molar-refractivity contribution in [2.24, 2.45) is 0 Å². The van der Waals surface area contributed by atoms with Crippen LogP contribution in [0.2, 0.25) is 0 Å². The SMILES string of the molecule is CCC1CN(C(=O)c2ccc(Br)c(F)c2)CCN1C. The van der Waals surface area contributed by atoms with Gasteiger partial charge in [-0.3, -0.25) is 9.69 Å². The van der Waals surface area contributed by atoms with Crippen LogP contribution in [0, 0.1) is 5.82 Å². The zero-order chi connectivity index (χ0) is 14.0. The summed E-state index contributed by atoms with van der Waals surface area (Å²) in [6.07, 6.45) is 1.01. The van der Waals surface area contributed by atoms with E-state index >= 15 is 0 Å². The maximum Gasteiger partial charge on any atom is 0.254 e. The smallest absolute Gasteiger partial charge is 0.254 e. The van der Waals surface area contributed by atoms with E-state index < -0.39 is 5.82 Å². The van der Waals surface area contributed by atoms with Crippen LogP contribution in [0.5, 0.6) is 0 Å². The largest absolute Gasteiger partial charge is 0.336 e. The van der Waals surface area contributed by atoms with Crippen LogP contribution in [0.15, 0.2) is 22.7 Å². The van der Waals surface area contributed by atoms with E-state index in [0.29, 0.717) is 29.2 Å². The summed E-state index contributed by atoms with van der Waals surface area (Å²) < 4.78 is 13.9. The lowest BCUT2D eigenvalue weighted by molar-refractivity contribution is 0.0541. The molecule has 104 valence electrons. The van der Waals surface area contributed by atoms with Gasteiger partial charge in [-0.1, -0.05) is 6.92 Å². The Hall–Kier alpha value is -0.940. The van der Waals surface area contributed by atoms with Crippen molar-refractivity contribution in [2.75, 3.05) is 26.7 Å². The van der Waals surface area contributed by atoms with Gasteiger partial charge in [0.1, 0.15) is 5.82 Å². The molecule has 2 rings (SSSR count). The lowest BCUT2D eigenvalue weighted by Crippen LogP contribution is -2.52. The molecule has 1 aromatic carbocycles. The first-order chi connectivity index (χ1) is 9.02. The van der Waals surface area contributed by atoms with E-state index in [9.17, 15) is 9.18 Å². The van der Waals surface area contributed by atoms with Crippen LogP contribution < -0.4 is 0 Å². The molecule has 0 spiro atoms. The zero-order valence-electron chi connectivity index (χ0n) is 11.2. The number of rotatable bonds is 2. The van der Waals surface area contributed by atoms with Gasteiger partial charge in [-0.15, -0.1) is 0 Å². The van der Waals surface area contributed by atoms with E-state index in [-0.39, 0.29) is 5.91 Å². The molecule has 0 saturated carbocycles. The van der Waals surface area contributed by atoms with Crippen molar-refractivity contribution in [1.29, 1.82) is 0 Å². The highest BCUT2D eigenvalue weighted by Gasteiger charge is 2.26. The molecule has 1 heterocycles. The third-order valence-electron chi connectivity index (χ3n) is 3.70. The summed E-state index contributed by atoms with van der Waals surface area (Å²) in [5.74, 6) is -0.482. The Morgan fingerprint density at radius 3 is 2.84 bits per heavy atom. The van der Waals surface area contributed by atoms with Crippen molar-refractivity contribution in [2.45, 2.75) is 19.4 Å². The molecule has 1 fully saturated rings. The van der Waals surface area contributed by atoms with Gasteiger partial charge >= 0.3 is 0 Å². The Morgan fingerprint density at radius 1 is 1.47 bits per heavy atom. The topological polar surface area (TPSA) is 23.6 Å². The van der Waals surface area contributed by atoms with Gasteiger partial charge in [-0.25, -0.2) is 4.39 Å². The quantitative estimate of drug-likeness (QED) is 0.833.